The SMILES string of the molecule is CC1C=C(C2CC=C(N(C3=CCC(C4(C)C=CC5=C(C4)C4C=CC=CC4S5)C=C3)C3=CC=C(C4C=C5c6ccccc6OC5(C)CC4)CC3)CC2)C=CC1. The smallest absolute Gasteiger partial charge is 0.132 e. The summed E-state index contributed by atoms with van der Waals surface area (Å²) in [6.45, 7) is 7.15. The molecule has 0 amide bonds. The third-order valence-electron chi connectivity index (χ3n) is 14.2. The van der Waals surface area contributed by atoms with Gasteiger partial charge in [0, 0.05) is 44.3 Å². The van der Waals surface area contributed by atoms with E-state index in [0.29, 0.717) is 34.8 Å². The third-order valence-corrected chi connectivity index (χ3v) is 15.6. The lowest BCUT2D eigenvalue weighted by molar-refractivity contribution is 0.144. The van der Waals surface area contributed by atoms with Gasteiger partial charge in [0.05, 0.1) is 0 Å². The van der Waals surface area contributed by atoms with Crippen molar-refractivity contribution in [2.24, 2.45) is 35.0 Å². The molecule has 0 fully saturated rings. The van der Waals surface area contributed by atoms with Crippen LogP contribution in [-0.4, -0.2) is 15.8 Å². The number of allylic oxidation sites excluding steroid dienone is 20. The first-order valence-electron chi connectivity index (χ1n) is 20.9. The van der Waals surface area contributed by atoms with Gasteiger partial charge < -0.3 is 9.64 Å². The maximum Gasteiger partial charge on any atom is 0.132 e. The van der Waals surface area contributed by atoms with Gasteiger partial charge in [-0.25, -0.2) is 0 Å². The summed E-state index contributed by atoms with van der Waals surface area (Å²) in [5.74, 6) is 3.88. The Morgan fingerprint density at radius 2 is 1.76 bits per heavy atom. The average Bonchev–Trinajstić information content (AvgIpc) is 3.72. The van der Waals surface area contributed by atoms with E-state index >= 15 is 0 Å². The Morgan fingerprint density at radius 1 is 0.852 bits per heavy atom. The maximum absolute atomic E-state index is 6.52. The normalized spacial score (nSPS) is 36.1. The summed E-state index contributed by atoms with van der Waals surface area (Å²) in [4.78, 5) is 4.20. The topological polar surface area (TPSA) is 12.5 Å². The van der Waals surface area contributed by atoms with E-state index in [1.807, 2.05) is 0 Å². The quantitative estimate of drug-likeness (QED) is 0.289. The van der Waals surface area contributed by atoms with Crippen LogP contribution in [0, 0.1) is 35.0 Å². The Labute approximate surface area is 328 Å². The van der Waals surface area contributed by atoms with Gasteiger partial charge in [0.2, 0.25) is 0 Å². The zero-order valence-electron chi connectivity index (χ0n) is 32.3. The minimum absolute atomic E-state index is 0.138. The van der Waals surface area contributed by atoms with Crippen molar-refractivity contribution >= 4 is 17.3 Å². The molecular weight excluding hydrogens is 675 g/mol. The molecule has 0 bridgehead atoms. The number of fused-ring (bicyclic) bond motifs is 5. The summed E-state index contributed by atoms with van der Waals surface area (Å²) in [5, 5.41) is 0.577. The van der Waals surface area contributed by atoms with Crippen LogP contribution in [-0.2, 0) is 0 Å². The van der Waals surface area contributed by atoms with E-state index < -0.39 is 0 Å². The fraction of sp³-hybridized carbons (Fsp3) is 0.412. The Morgan fingerprint density at radius 3 is 2.57 bits per heavy atom. The molecule has 2 heterocycles. The van der Waals surface area contributed by atoms with E-state index in [-0.39, 0.29) is 11.0 Å². The molecule has 8 unspecified atom stereocenters. The summed E-state index contributed by atoms with van der Waals surface area (Å²) in [6.07, 6.45) is 50.7. The second-order valence-corrected chi connectivity index (χ2v) is 19.1. The number of para-hydroxylation sites is 1. The fourth-order valence-electron chi connectivity index (χ4n) is 10.9. The number of rotatable bonds is 6. The lowest BCUT2D eigenvalue weighted by Gasteiger charge is -2.41. The van der Waals surface area contributed by atoms with Crippen LogP contribution in [0.25, 0.3) is 5.57 Å². The van der Waals surface area contributed by atoms with Crippen molar-refractivity contribution < 1.29 is 4.74 Å². The number of hydrogen-bond acceptors (Lipinski definition) is 3. The Balaban J connectivity index is 0.915. The summed E-state index contributed by atoms with van der Waals surface area (Å²) < 4.78 is 6.52. The molecule has 0 saturated carbocycles. The standard InChI is InChI=1S/C51H55NOS/c1-34-9-8-10-37(31-34)35-15-21-40(22-16-35)52(41-23-17-36(18-24-41)38-27-30-51(3)46(32-38)44-12-4-6-13-47(44)53-51)42-25-19-39(20-26-42)50(2)29-28-49-45(33-50)43-11-5-7-14-48(43)54-49/h4-8,10-14,17,19,21,23,25-26,28-29,31-32,34-35,38-39,43,48H,9,15-16,18,20,22,24,27,30,33H2,1-3H3. The minimum Gasteiger partial charge on any atom is -0.482 e. The van der Waals surface area contributed by atoms with Gasteiger partial charge in [-0.1, -0.05) is 123 Å². The van der Waals surface area contributed by atoms with Crippen molar-refractivity contribution in [2.45, 2.75) is 95.8 Å². The molecule has 0 N–H and O–H groups in total. The monoisotopic (exact) mass is 729 g/mol. The lowest BCUT2D eigenvalue weighted by atomic mass is 9.66. The van der Waals surface area contributed by atoms with E-state index in [0.717, 1.165) is 57.1 Å². The molecule has 9 aliphatic rings. The lowest BCUT2D eigenvalue weighted by Crippen LogP contribution is -2.33. The number of ether oxygens (including phenoxy) is 1. The highest BCUT2D eigenvalue weighted by molar-refractivity contribution is 8.04. The summed E-state index contributed by atoms with van der Waals surface area (Å²) in [5.41, 5.74) is 11.8. The van der Waals surface area contributed by atoms with Crippen molar-refractivity contribution in [3.05, 3.63) is 166 Å². The van der Waals surface area contributed by atoms with Crippen LogP contribution < -0.4 is 4.74 Å². The molecule has 0 saturated heterocycles. The molecule has 1 aromatic carbocycles. The number of hydrogen-bond donors (Lipinski definition) is 0. The molecule has 7 aliphatic carbocycles. The largest absolute Gasteiger partial charge is 0.482 e. The van der Waals surface area contributed by atoms with Crippen molar-refractivity contribution in [3.63, 3.8) is 0 Å². The predicted octanol–water partition coefficient (Wildman–Crippen LogP) is 13.3. The highest BCUT2D eigenvalue weighted by atomic mass is 32.2. The highest BCUT2D eigenvalue weighted by Crippen LogP contribution is 2.55. The first-order chi connectivity index (χ1) is 26.3. The average molecular weight is 730 g/mol. The first-order valence-corrected chi connectivity index (χ1v) is 21.8. The second-order valence-electron chi connectivity index (χ2n) is 17.9. The summed E-state index contributed by atoms with van der Waals surface area (Å²) >= 11 is 2.07. The number of nitrogens with zero attached hydrogens (tertiary/aromatic N) is 1. The third kappa shape index (κ3) is 6.10. The van der Waals surface area contributed by atoms with Gasteiger partial charge in [0.1, 0.15) is 11.4 Å². The maximum atomic E-state index is 6.52. The molecule has 0 spiro atoms. The molecule has 10 rings (SSSR count). The van der Waals surface area contributed by atoms with Gasteiger partial charge in [-0.3, -0.25) is 0 Å². The molecule has 0 radical (unpaired) electrons. The van der Waals surface area contributed by atoms with Gasteiger partial charge >= 0.3 is 0 Å². The van der Waals surface area contributed by atoms with E-state index in [1.165, 1.54) is 46.0 Å². The van der Waals surface area contributed by atoms with E-state index in [1.54, 1.807) is 16.7 Å². The minimum atomic E-state index is -0.190. The highest BCUT2D eigenvalue weighted by Gasteiger charge is 2.44. The van der Waals surface area contributed by atoms with Gasteiger partial charge in [0.25, 0.3) is 0 Å². The second kappa shape index (κ2) is 13.7. The molecule has 1 aromatic rings. The summed E-state index contributed by atoms with van der Waals surface area (Å²) in [6, 6.07) is 8.63. The Bertz CT molecular complexity index is 2120. The Hall–Kier alpha value is -3.95. The van der Waals surface area contributed by atoms with Crippen LogP contribution in [0.15, 0.2) is 160 Å². The molecule has 276 valence electrons. The van der Waals surface area contributed by atoms with Crippen molar-refractivity contribution in [3.8, 4) is 5.75 Å². The predicted molar refractivity (Wildman–Crippen MR) is 227 cm³/mol. The molecule has 3 heteroatoms. The first kappa shape index (κ1) is 34.5. The van der Waals surface area contributed by atoms with E-state index in [2.05, 4.69) is 159 Å². The van der Waals surface area contributed by atoms with Crippen LogP contribution in [0.3, 0.4) is 0 Å². The Kier molecular flexibility index (Phi) is 8.74. The number of benzene rings is 1. The zero-order valence-corrected chi connectivity index (χ0v) is 33.2. The van der Waals surface area contributed by atoms with Crippen LogP contribution in [0.4, 0.5) is 0 Å². The molecule has 2 aliphatic heterocycles. The van der Waals surface area contributed by atoms with Crippen molar-refractivity contribution in [2.75, 3.05) is 0 Å². The van der Waals surface area contributed by atoms with Gasteiger partial charge in [0.15, 0.2) is 0 Å². The van der Waals surface area contributed by atoms with Crippen molar-refractivity contribution in [1.82, 2.24) is 4.90 Å². The van der Waals surface area contributed by atoms with Gasteiger partial charge in [-0.2, -0.15) is 0 Å². The van der Waals surface area contributed by atoms with E-state index in [9.17, 15) is 0 Å². The fourth-order valence-corrected chi connectivity index (χ4v) is 12.3. The molecule has 0 aromatic heterocycles. The van der Waals surface area contributed by atoms with Crippen LogP contribution in [0.5, 0.6) is 5.75 Å². The van der Waals surface area contributed by atoms with Crippen LogP contribution in [0.2, 0.25) is 0 Å². The van der Waals surface area contributed by atoms with Gasteiger partial charge in [-0.05, 0) is 130 Å². The molecule has 2 nitrogen and oxygen atoms in total. The van der Waals surface area contributed by atoms with Gasteiger partial charge in [-0.15, -0.1) is 11.8 Å². The summed E-state index contributed by atoms with van der Waals surface area (Å²) in [7, 11) is 0. The van der Waals surface area contributed by atoms with Crippen molar-refractivity contribution in [1.29, 1.82) is 0 Å². The van der Waals surface area contributed by atoms with Crippen LogP contribution in [0.1, 0.15) is 90.5 Å². The molecular formula is C51H55NOS. The molecule has 8 atom stereocenters. The van der Waals surface area contributed by atoms with Crippen LogP contribution >= 0.6 is 11.8 Å². The molecule has 54 heavy (non-hydrogen) atoms. The number of thioether (sulfide) groups is 1. The van der Waals surface area contributed by atoms with E-state index in [4.69, 9.17) is 4.74 Å². The zero-order chi connectivity index (χ0) is 36.4.